The molecule has 2 aliphatic carbocycles. The van der Waals surface area contributed by atoms with E-state index in [9.17, 15) is 10.1 Å². The number of halogens is 1. The molecule has 2 fully saturated rings. The maximum Gasteiger partial charge on any atom is 0.407 e. The van der Waals surface area contributed by atoms with E-state index >= 15 is 0 Å². The first-order valence-corrected chi connectivity index (χ1v) is 10.2. The fourth-order valence-electron chi connectivity index (χ4n) is 4.21. The second kappa shape index (κ2) is 7.84. The van der Waals surface area contributed by atoms with Crippen molar-refractivity contribution in [2.45, 2.75) is 44.4 Å². The van der Waals surface area contributed by atoms with Crippen molar-refractivity contribution in [1.29, 1.82) is 5.26 Å². The van der Waals surface area contributed by atoms with Crippen LogP contribution in [0, 0.1) is 16.7 Å². The maximum atomic E-state index is 12.0. The summed E-state index contributed by atoms with van der Waals surface area (Å²) in [5, 5.41) is 12.2. The number of hydrogen-bond acceptors (Lipinski definition) is 4. The van der Waals surface area contributed by atoms with E-state index in [1.54, 1.807) is 6.07 Å². The molecule has 0 aromatic heterocycles. The van der Waals surface area contributed by atoms with E-state index in [2.05, 4.69) is 27.3 Å². The number of nitriles is 1. The Labute approximate surface area is 172 Å². The zero-order valence-corrected chi connectivity index (χ0v) is 16.9. The van der Waals surface area contributed by atoms with Gasteiger partial charge in [-0.05, 0) is 54.9 Å². The first-order valence-electron chi connectivity index (χ1n) is 9.39. The number of benzene rings is 2. The highest BCUT2D eigenvalue weighted by molar-refractivity contribution is 9.10. The summed E-state index contributed by atoms with van der Waals surface area (Å²) in [5.41, 5.74) is 1.80. The Kier molecular flexibility index (Phi) is 5.27. The van der Waals surface area contributed by atoms with Crippen LogP contribution < -0.4 is 10.1 Å². The standard InChI is InChI=1S/C22H21BrN2O3/c23-17-7-6-16(13-24)20(8-17)28-19-11-22(12-19)9-18(10-22)25-21(26)27-14-15-4-2-1-3-5-15/h1-8,18-19H,9-12,14H2,(H,25,26). The number of hydrogen-bond donors (Lipinski definition) is 1. The molecule has 0 saturated heterocycles. The van der Waals surface area contributed by atoms with E-state index in [1.807, 2.05) is 42.5 Å². The largest absolute Gasteiger partial charge is 0.489 e. The van der Waals surface area contributed by atoms with Crippen molar-refractivity contribution in [2.24, 2.45) is 5.41 Å². The maximum absolute atomic E-state index is 12.0. The number of carbonyl (C=O) groups is 1. The molecule has 2 aromatic rings. The first-order chi connectivity index (χ1) is 13.5. The van der Waals surface area contributed by atoms with Crippen molar-refractivity contribution in [3.63, 3.8) is 0 Å². The lowest BCUT2D eigenvalue weighted by atomic mass is 9.53. The van der Waals surface area contributed by atoms with Gasteiger partial charge >= 0.3 is 6.09 Å². The zero-order valence-electron chi connectivity index (χ0n) is 15.4. The second-order valence-corrected chi connectivity index (χ2v) is 8.63. The van der Waals surface area contributed by atoms with Gasteiger partial charge in [-0.15, -0.1) is 0 Å². The SMILES string of the molecule is N#Cc1ccc(Br)cc1OC1CC2(CC(NC(=O)OCc3ccccc3)C2)C1. The first kappa shape index (κ1) is 18.8. The predicted molar refractivity (Wildman–Crippen MR) is 108 cm³/mol. The molecule has 0 heterocycles. The number of nitrogens with zero attached hydrogens (tertiary/aromatic N) is 1. The molecule has 0 aliphatic heterocycles. The van der Waals surface area contributed by atoms with Crippen molar-refractivity contribution in [1.82, 2.24) is 5.32 Å². The number of ether oxygens (including phenoxy) is 2. The van der Waals surface area contributed by atoms with Crippen LogP contribution in [0.25, 0.3) is 0 Å². The van der Waals surface area contributed by atoms with Gasteiger partial charge in [-0.25, -0.2) is 4.79 Å². The van der Waals surface area contributed by atoms with Gasteiger partial charge in [0.05, 0.1) is 11.7 Å². The lowest BCUT2D eigenvalue weighted by Crippen LogP contribution is -2.58. The van der Waals surface area contributed by atoms with Gasteiger partial charge in [-0.3, -0.25) is 0 Å². The number of carbonyl (C=O) groups excluding carboxylic acids is 1. The van der Waals surface area contributed by atoms with Gasteiger partial charge in [0.2, 0.25) is 0 Å². The van der Waals surface area contributed by atoms with E-state index in [0.29, 0.717) is 11.3 Å². The van der Waals surface area contributed by atoms with Crippen molar-refractivity contribution >= 4 is 22.0 Å². The van der Waals surface area contributed by atoms with Crippen LogP contribution in [-0.2, 0) is 11.3 Å². The van der Waals surface area contributed by atoms with Crippen LogP contribution >= 0.6 is 15.9 Å². The molecular weight excluding hydrogens is 420 g/mol. The minimum atomic E-state index is -0.358. The number of alkyl carbamates (subject to hydrolysis) is 1. The van der Waals surface area contributed by atoms with Crippen LogP contribution in [0.5, 0.6) is 5.75 Å². The van der Waals surface area contributed by atoms with E-state index < -0.39 is 0 Å². The van der Waals surface area contributed by atoms with Crippen LogP contribution in [0.2, 0.25) is 0 Å². The molecule has 2 saturated carbocycles. The van der Waals surface area contributed by atoms with Gasteiger partial charge in [0.25, 0.3) is 0 Å². The Morgan fingerprint density at radius 2 is 1.93 bits per heavy atom. The molecule has 2 aliphatic rings. The summed E-state index contributed by atoms with van der Waals surface area (Å²) in [7, 11) is 0. The van der Waals surface area contributed by atoms with Gasteiger partial charge in [-0.2, -0.15) is 5.26 Å². The van der Waals surface area contributed by atoms with Crippen molar-refractivity contribution < 1.29 is 14.3 Å². The van der Waals surface area contributed by atoms with Crippen LogP contribution in [-0.4, -0.2) is 18.2 Å². The van der Waals surface area contributed by atoms with Crippen LogP contribution in [0.3, 0.4) is 0 Å². The van der Waals surface area contributed by atoms with E-state index in [4.69, 9.17) is 9.47 Å². The average Bonchev–Trinajstić information content (AvgIpc) is 2.64. The van der Waals surface area contributed by atoms with Gasteiger partial charge in [0.1, 0.15) is 18.4 Å². The number of amides is 1. The molecule has 1 N–H and O–H groups in total. The van der Waals surface area contributed by atoms with Crippen LogP contribution in [0.4, 0.5) is 4.79 Å². The van der Waals surface area contributed by atoms with Crippen molar-refractivity contribution in [3.8, 4) is 11.8 Å². The van der Waals surface area contributed by atoms with Crippen molar-refractivity contribution in [2.75, 3.05) is 0 Å². The number of rotatable bonds is 5. The fraction of sp³-hybridized carbons (Fsp3) is 0.364. The third-order valence-corrected chi connectivity index (χ3v) is 6.07. The summed E-state index contributed by atoms with van der Waals surface area (Å²) in [6.45, 7) is 0.286. The summed E-state index contributed by atoms with van der Waals surface area (Å²) in [5.74, 6) is 0.634. The molecular formula is C22H21BrN2O3. The quantitative estimate of drug-likeness (QED) is 0.714. The van der Waals surface area contributed by atoms with Crippen molar-refractivity contribution in [3.05, 3.63) is 64.1 Å². The molecule has 4 rings (SSSR count). The Morgan fingerprint density at radius 3 is 2.64 bits per heavy atom. The third kappa shape index (κ3) is 4.15. The van der Waals surface area contributed by atoms with Gasteiger partial charge in [-0.1, -0.05) is 46.3 Å². The lowest BCUT2D eigenvalue weighted by molar-refractivity contribution is -0.0844. The molecule has 5 nitrogen and oxygen atoms in total. The Balaban J connectivity index is 1.19. The third-order valence-electron chi connectivity index (χ3n) is 5.57. The molecule has 28 heavy (non-hydrogen) atoms. The summed E-state index contributed by atoms with van der Waals surface area (Å²) in [6, 6.07) is 17.4. The minimum Gasteiger partial charge on any atom is -0.489 e. The Bertz CT molecular complexity index is 896. The molecule has 1 amide bonds. The summed E-state index contributed by atoms with van der Waals surface area (Å²) in [4.78, 5) is 12.0. The fourth-order valence-corrected chi connectivity index (χ4v) is 4.55. The molecule has 0 bridgehead atoms. The monoisotopic (exact) mass is 440 g/mol. The summed E-state index contributed by atoms with van der Waals surface area (Å²) < 4.78 is 12.2. The highest BCUT2D eigenvalue weighted by atomic mass is 79.9. The highest BCUT2D eigenvalue weighted by Crippen LogP contribution is 2.56. The molecule has 0 atom stereocenters. The Morgan fingerprint density at radius 1 is 1.18 bits per heavy atom. The molecule has 6 heteroatoms. The van der Waals surface area contributed by atoms with Gasteiger partial charge in [0.15, 0.2) is 0 Å². The van der Waals surface area contributed by atoms with E-state index in [-0.39, 0.29) is 30.3 Å². The van der Waals surface area contributed by atoms with E-state index in [1.165, 1.54) is 0 Å². The van der Waals surface area contributed by atoms with Gasteiger partial charge < -0.3 is 14.8 Å². The van der Waals surface area contributed by atoms with Gasteiger partial charge in [0, 0.05) is 10.5 Å². The lowest BCUT2D eigenvalue weighted by Gasteiger charge is -2.57. The molecule has 0 unspecified atom stereocenters. The highest BCUT2D eigenvalue weighted by Gasteiger charge is 2.54. The summed E-state index contributed by atoms with van der Waals surface area (Å²) >= 11 is 3.42. The second-order valence-electron chi connectivity index (χ2n) is 7.71. The number of nitrogens with one attached hydrogen (secondary N) is 1. The predicted octanol–water partition coefficient (Wildman–Crippen LogP) is 4.94. The molecule has 2 aromatic carbocycles. The Hall–Kier alpha value is -2.52. The minimum absolute atomic E-state index is 0.132. The average molecular weight is 441 g/mol. The topological polar surface area (TPSA) is 71.3 Å². The zero-order chi connectivity index (χ0) is 19.6. The van der Waals surface area contributed by atoms with Crippen LogP contribution in [0.1, 0.15) is 36.8 Å². The molecule has 0 radical (unpaired) electrons. The molecule has 1 spiro atoms. The van der Waals surface area contributed by atoms with Crippen LogP contribution in [0.15, 0.2) is 53.0 Å². The summed E-state index contributed by atoms with van der Waals surface area (Å²) in [6.07, 6.45) is 3.60. The normalized spacial score (nSPS) is 25.1. The van der Waals surface area contributed by atoms with E-state index in [0.717, 1.165) is 35.7 Å². The smallest absolute Gasteiger partial charge is 0.407 e. The molecule has 144 valence electrons.